The molecule has 1 aliphatic rings. The minimum absolute atomic E-state index is 0.0110. The van der Waals surface area contributed by atoms with Crippen LogP contribution in [0.25, 0.3) is 10.9 Å². The average molecular weight is 318 g/mol. The summed E-state index contributed by atoms with van der Waals surface area (Å²) >= 11 is 0. The molecule has 0 saturated carbocycles. The van der Waals surface area contributed by atoms with E-state index in [0.29, 0.717) is 23.9 Å². The van der Waals surface area contributed by atoms with Gasteiger partial charge in [0.25, 0.3) is 11.6 Å². The van der Waals surface area contributed by atoms with Gasteiger partial charge in [-0.25, -0.2) is 4.79 Å². The van der Waals surface area contributed by atoms with Gasteiger partial charge in [0.1, 0.15) is 6.04 Å². The first-order valence-corrected chi connectivity index (χ1v) is 7.15. The van der Waals surface area contributed by atoms with Crippen LogP contribution in [-0.4, -0.2) is 49.6 Å². The fraction of sp³-hybridized carbons (Fsp3) is 0.357. The topological polar surface area (TPSA) is 129 Å². The van der Waals surface area contributed by atoms with E-state index in [-0.39, 0.29) is 11.4 Å². The molecule has 3 rings (SSSR count). The van der Waals surface area contributed by atoms with Gasteiger partial charge in [0, 0.05) is 24.1 Å². The Morgan fingerprint density at radius 1 is 1.39 bits per heavy atom. The Kier molecular flexibility index (Phi) is 3.68. The van der Waals surface area contributed by atoms with Gasteiger partial charge in [-0.3, -0.25) is 20.0 Å². The predicted molar refractivity (Wildman–Crippen MR) is 79.1 cm³/mol. The highest BCUT2D eigenvalue weighted by Crippen LogP contribution is 2.25. The van der Waals surface area contributed by atoms with Crippen molar-refractivity contribution in [1.29, 1.82) is 0 Å². The highest BCUT2D eigenvalue weighted by molar-refractivity contribution is 6.06. The van der Waals surface area contributed by atoms with Crippen LogP contribution in [0.2, 0.25) is 0 Å². The van der Waals surface area contributed by atoms with Crippen LogP contribution in [0, 0.1) is 10.1 Å². The van der Waals surface area contributed by atoms with Crippen LogP contribution in [0.15, 0.2) is 18.2 Å². The molecule has 1 aliphatic heterocycles. The van der Waals surface area contributed by atoms with Gasteiger partial charge in [-0.2, -0.15) is 5.10 Å². The van der Waals surface area contributed by atoms with Crippen LogP contribution in [0.5, 0.6) is 0 Å². The molecule has 1 atom stereocenters. The van der Waals surface area contributed by atoms with Crippen molar-refractivity contribution >= 4 is 28.5 Å². The summed E-state index contributed by atoms with van der Waals surface area (Å²) in [6, 6.07) is 3.17. The molecule has 0 spiro atoms. The minimum atomic E-state index is -1.05. The van der Waals surface area contributed by atoms with Crippen molar-refractivity contribution in [2.45, 2.75) is 25.3 Å². The zero-order chi connectivity index (χ0) is 16.6. The largest absolute Gasteiger partial charge is 0.480 e. The van der Waals surface area contributed by atoms with E-state index < -0.39 is 22.8 Å². The van der Waals surface area contributed by atoms with E-state index in [1.807, 2.05) is 0 Å². The number of rotatable bonds is 3. The summed E-state index contributed by atoms with van der Waals surface area (Å²) < 4.78 is 0. The third-order valence-corrected chi connectivity index (χ3v) is 4.01. The number of carboxylic acid groups (broad SMARTS) is 1. The lowest BCUT2D eigenvalue weighted by atomic mass is 10.0. The van der Waals surface area contributed by atoms with E-state index in [1.165, 1.54) is 23.1 Å². The molecule has 0 radical (unpaired) electrons. The molecule has 0 unspecified atom stereocenters. The number of aromatic amines is 1. The maximum absolute atomic E-state index is 12.7. The first-order chi connectivity index (χ1) is 11.0. The molecule has 23 heavy (non-hydrogen) atoms. The Balaban J connectivity index is 2.01. The van der Waals surface area contributed by atoms with Gasteiger partial charge in [-0.15, -0.1) is 0 Å². The first-order valence-electron chi connectivity index (χ1n) is 7.15. The second kappa shape index (κ2) is 5.67. The van der Waals surface area contributed by atoms with Crippen LogP contribution in [0.4, 0.5) is 5.69 Å². The van der Waals surface area contributed by atoms with E-state index in [9.17, 15) is 24.8 Å². The number of nitrogens with zero attached hydrogens (tertiary/aromatic N) is 3. The molecule has 2 aromatic rings. The van der Waals surface area contributed by atoms with Gasteiger partial charge in [-0.05, 0) is 25.3 Å². The van der Waals surface area contributed by atoms with Crippen molar-refractivity contribution in [3.05, 3.63) is 34.0 Å². The smallest absolute Gasteiger partial charge is 0.326 e. The third kappa shape index (κ3) is 2.60. The monoisotopic (exact) mass is 318 g/mol. The number of non-ortho nitro benzene ring substituents is 1. The molecule has 1 aromatic heterocycles. The van der Waals surface area contributed by atoms with Gasteiger partial charge in [0.15, 0.2) is 5.69 Å². The van der Waals surface area contributed by atoms with Crippen LogP contribution in [0.1, 0.15) is 29.8 Å². The number of aliphatic carboxylic acids is 1. The number of likely N-dealkylation sites (tertiary alicyclic amines) is 1. The Morgan fingerprint density at radius 3 is 2.87 bits per heavy atom. The van der Waals surface area contributed by atoms with E-state index in [1.54, 1.807) is 0 Å². The number of piperidine rings is 1. The average Bonchev–Trinajstić information content (AvgIpc) is 2.97. The van der Waals surface area contributed by atoms with E-state index >= 15 is 0 Å². The van der Waals surface area contributed by atoms with Gasteiger partial charge in [0.05, 0.1) is 10.4 Å². The fourth-order valence-corrected chi connectivity index (χ4v) is 2.85. The molecular weight excluding hydrogens is 304 g/mol. The van der Waals surface area contributed by atoms with Gasteiger partial charge < -0.3 is 10.0 Å². The van der Waals surface area contributed by atoms with Crippen molar-refractivity contribution in [3.8, 4) is 0 Å². The highest BCUT2D eigenvalue weighted by atomic mass is 16.6. The number of nitrogens with one attached hydrogen (secondary N) is 1. The van der Waals surface area contributed by atoms with E-state index in [0.717, 1.165) is 12.8 Å². The molecule has 1 amide bonds. The highest BCUT2D eigenvalue weighted by Gasteiger charge is 2.34. The predicted octanol–water partition coefficient (Wildman–Crippen LogP) is 1.55. The summed E-state index contributed by atoms with van der Waals surface area (Å²) in [4.78, 5) is 35.6. The molecule has 0 aliphatic carbocycles. The van der Waals surface area contributed by atoms with Crippen LogP contribution in [0.3, 0.4) is 0 Å². The quantitative estimate of drug-likeness (QED) is 0.652. The molecule has 120 valence electrons. The van der Waals surface area contributed by atoms with Crippen molar-refractivity contribution in [2.75, 3.05) is 6.54 Å². The molecule has 1 saturated heterocycles. The summed E-state index contributed by atoms with van der Waals surface area (Å²) in [5.74, 6) is -1.58. The first kappa shape index (κ1) is 14.9. The van der Waals surface area contributed by atoms with Gasteiger partial charge >= 0.3 is 5.97 Å². The zero-order valence-electron chi connectivity index (χ0n) is 12.1. The van der Waals surface area contributed by atoms with Gasteiger partial charge in [-0.1, -0.05) is 0 Å². The maximum Gasteiger partial charge on any atom is 0.326 e. The molecule has 9 heteroatoms. The van der Waals surface area contributed by atoms with Crippen molar-refractivity contribution in [1.82, 2.24) is 15.1 Å². The Morgan fingerprint density at radius 2 is 2.17 bits per heavy atom. The van der Waals surface area contributed by atoms with Crippen molar-refractivity contribution < 1.29 is 19.6 Å². The summed E-state index contributed by atoms with van der Waals surface area (Å²) in [6.07, 6.45) is 1.86. The third-order valence-electron chi connectivity index (χ3n) is 4.01. The fourth-order valence-electron chi connectivity index (χ4n) is 2.85. The van der Waals surface area contributed by atoms with Gasteiger partial charge in [0.2, 0.25) is 0 Å². The lowest BCUT2D eigenvalue weighted by molar-refractivity contribution is -0.384. The summed E-state index contributed by atoms with van der Waals surface area (Å²) in [6.45, 7) is 0.332. The number of hydrogen-bond donors (Lipinski definition) is 2. The minimum Gasteiger partial charge on any atom is -0.480 e. The maximum atomic E-state index is 12.7. The molecule has 1 aromatic carbocycles. The van der Waals surface area contributed by atoms with Crippen LogP contribution < -0.4 is 0 Å². The second-order valence-electron chi connectivity index (χ2n) is 5.41. The Hall–Kier alpha value is -2.97. The zero-order valence-corrected chi connectivity index (χ0v) is 12.1. The van der Waals surface area contributed by atoms with Crippen LogP contribution >= 0.6 is 0 Å². The number of H-pyrrole nitrogens is 1. The second-order valence-corrected chi connectivity index (χ2v) is 5.41. The number of carboxylic acids is 1. The molecule has 9 nitrogen and oxygen atoms in total. The number of carbonyl (C=O) groups is 2. The lowest BCUT2D eigenvalue weighted by Crippen LogP contribution is -2.48. The molecule has 2 N–H and O–H groups in total. The number of nitro groups is 1. The molecule has 1 fully saturated rings. The van der Waals surface area contributed by atoms with Crippen LogP contribution in [-0.2, 0) is 4.79 Å². The summed E-state index contributed by atoms with van der Waals surface area (Å²) in [5.41, 5.74) is 0.348. The summed E-state index contributed by atoms with van der Waals surface area (Å²) in [5, 5.41) is 27.1. The SMILES string of the molecule is O=C(O)[C@H]1CCCCN1C(=O)c1n[nH]c2ccc([N+](=O)[O-])cc12. The normalized spacial score (nSPS) is 18.1. The standard InChI is InChI=1S/C14H14N4O5/c19-13(17-6-2-1-3-11(17)14(20)21)12-9-7-8(18(22)23)4-5-10(9)15-16-12/h4-5,7,11H,1-3,6H2,(H,15,16)(H,20,21)/t11-/m1/s1. The number of fused-ring (bicyclic) bond motifs is 1. The lowest BCUT2D eigenvalue weighted by Gasteiger charge is -2.32. The number of benzene rings is 1. The molecular formula is C14H14N4O5. The Labute approximate surface area is 130 Å². The molecule has 2 heterocycles. The number of nitro benzene ring substituents is 1. The number of aromatic nitrogens is 2. The number of hydrogen-bond acceptors (Lipinski definition) is 5. The van der Waals surface area contributed by atoms with Crippen molar-refractivity contribution in [3.63, 3.8) is 0 Å². The summed E-state index contributed by atoms with van der Waals surface area (Å²) in [7, 11) is 0. The Bertz CT molecular complexity index is 800. The van der Waals surface area contributed by atoms with Crippen molar-refractivity contribution in [2.24, 2.45) is 0 Å². The number of carbonyl (C=O) groups excluding carboxylic acids is 1. The molecule has 0 bridgehead atoms. The van der Waals surface area contributed by atoms with E-state index in [4.69, 9.17) is 0 Å². The number of amides is 1. The van der Waals surface area contributed by atoms with E-state index in [2.05, 4.69) is 10.2 Å².